The molecule has 3 aromatic heterocycles. The predicted molar refractivity (Wildman–Crippen MR) is 128 cm³/mol. The maximum absolute atomic E-state index is 12.4. The molecular weight excluding hydrogens is 442 g/mol. The van der Waals surface area contributed by atoms with Crippen molar-refractivity contribution in [2.24, 2.45) is 0 Å². The summed E-state index contributed by atoms with van der Waals surface area (Å²) in [6, 6.07) is 11.6. The van der Waals surface area contributed by atoms with Crippen LogP contribution in [0.15, 0.2) is 60.2 Å². The molecule has 0 radical (unpaired) electrons. The van der Waals surface area contributed by atoms with Gasteiger partial charge in [0.1, 0.15) is 5.01 Å². The van der Waals surface area contributed by atoms with Crippen molar-refractivity contribution in [2.45, 2.75) is 26.9 Å². The highest BCUT2D eigenvalue weighted by atomic mass is 35.5. The SMILES string of the molecule is Cc1nn(Cc2ccccc2Cl)c(C)c1/C=C/C(=O)NCc1nc(-c2ccncc2)cs1. The lowest BCUT2D eigenvalue weighted by molar-refractivity contribution is -0.116. The van der Waals surface area contributed by atoms with E-state index in [4.69, 9.17) is 11.6 Å². The largest absolute Gasteiger partial charge is 0.346 e. The highest BCUT2D eigenvalue weighted by Gasteiger charge is 2.11. The van der Waals surface area contributed by atoms with Gasteiger partial charge in [-0.3, -0.25) is 14.5 Å². The summed E-state index contributed by atoms with van der Waals surface area (Å²) in [6.07, 6.45) is 6.82. The molecule has 1 aromatic carbocycles. The van der Waals surface area contributed by atoms with Crippen molar-refractivity contribution >= 4 is 34.9 Å². The van der Waals surface area contributed by atoms with Crippen LogP contribution in [0.2, 0.25) is 5.02 Å². The van der Waals surface area contributed by atoms with E-state index < -0.39 is 0 Å². The van der Waals surface area contributed by atoms with E-state index in [0.717, 1.165) is 38.8 Å². The van der Waals surface area contributed by atoms with Gasteiger partial charge in [0, 0.05) is 45.7 Å². The standard InChI is InChI=1S/C24H22ClN5OS/c1-16-20(17(2)30(29-16)14-19-5-3-4-6-21(19)25)7-8-23(31)27-13-24-28-22(15-32-24)18-9-11-26-12-10-18/h3-12,15H,13-14H2,1-2H3,(H,27,31)/b8-7+. The van der Waals surface area contributed by atoms with Gasteiger partial charge in [0.15, 0.2) is 0 Å². The minimum Gasteiger partial charge on any atom is -0.346 e. The van der Waals surface area contributed by atoms with Crippen LogP contribution in [0.3, 0.4) is 0 Å². The number of nitrogens with one attached hydrogen (secondary N) is 1. The number of aromatic nitrogens is 4. The summed E-state index contributed by atoms with van der Waals surface area (Å²) in [5.74, 6) is -0.177. The van der Waals surface area contributed by atoms with Gasteiger partial charge >= 0.3 is 0 Å². The highest BCUT2D eigenvalue weighted by Crippen LogP contribution is 2.22. The van der Waals surface area contributed by atoms with Crippen LogP contribution in [0.25, 0.3) is 17.3 Å². The van der Waals surface area contributed by atoms with Gasteiger partial charge in [0.2, 0.25) is 5.91 Å². The maximum atomic E-state index is 12.4. The van der Waals surface area contributed by atoms with E-state index in [-0.39, 0.29) is 5.91 Å². The van der Waals surface area contributed by atoms with Crippen molar-refractivity contribution in [3.63, 3.8) is 0 Å². The summed E-state index contributed by atoms with van der Waals surface area (Å²) in [7, 11) is 0. The van der Waals surface area contributed by atoms with Gasteiger partial charge in [-0.2, -0.15) is 5.10 Å². The molecule has 0 saturated carbocycles. The Balaban J connectivity index is 1.38. The lowest BCUT2D eigenvalue weighted by Crippen LogP contribution is -2.20. The second-order valence-electron chi connectivity index (χ2n) is 7.25. The zero-order valence-electron chi connectivity index (χ0n) is 17.7. The van der Waals surface area contributed by atoms with E-state index >= 15 is 0 Å². The predicted octanol–water partition coefficient (Wildman–Crippen LogP) is 5.05. The van der Waals surface area contributed by atoms with E-state index in [2.05, 4.69) is 20.4 Å². The molecule has 1 N–H and O–H groups in total. The molecule has 4 aromatic rings. The van der Waals surface area contributed by atoms with Crippen LogP contribution < -0.4 is 5.32 Å². The third-order valence-corrected chi connectivity index (χ3v) is 6.28. The number of aryl methyl sites for hydroxylation is 1. The van der Waals surface area contributed by atoms with Gasteiger partial charge in [-0.05, 0) is 43.7 Å². The number of hydrogen-bond donors (Lipinski definition) is 1. The molecule has 0 bridgehead atoms. The first-order valence-corrected chi connectivity index (χ1v) is 11.3. The highest BCUT2D eigenvalue weighted by molar-refractivity contribution is 7.09. The number of carbonyl (C=O) groups excluding carboxylic acids is 1. The van der Waals surface area contributed by atoms with Crippen LogP contribution in [0.5, 0.6) is 0 Å². The van der Waals surface area contributed by atoms with E-state index in [1.807, 2.05) is 60.3 Å². The van der Waals surface area contributed by atoms with Gasteiger partial charge in [-0.15, -0.1) is 11.3 Å². The van der Waals surface area contributed by atoms with Crippen LogP contribution in [0, 0.1) is 13.8 Å². The van der Waals surface area contributed by atoms with Crippen molar-refractivity contribution in [1.29, 1.82) is 0 Å². The third kappa shape index (κ3) is 5.12. The fourth-order valence-electron chi connectivity index (χ4n) is 3.32. The molecule has 162 valence electrons. The number of halogens is 1. The topological polar surface area (TPSA) is 72.7 Å². The number of hydrogen-bond acceptors (Lipinski definition) is 5. The minimum atomic E-state index is -0.177. The fraction of sp³-hybridized carbons (Fsp3) is 0.167. The smallest absolute Gasteiger partial charge is 0.244 e. The second kappa shape index (κ2) is 9.89. The van der Waals surface area contributed by atoms with Crippen molar-refractivity contribution in [1.82, 2.24) is 25.1 Å². The summed E-state index contributed by atoms with van der Waals surface area (Å²) in [6.45, 7) is 4.88. The Morgan fingerprint density at radius 1 is 1.19 bits per heavy atom. The zero-order valence-corrected chi connectivity index (χ0v) is 19.3. The fourth-order valence-corrected chi connectivity index (χ4v) is 4.26. The number of thiazole rings is 1. The number of benzene rings is 1. The minimum absolute atomic E-state index is 0.177. The van der Waals surface area contributed by atoms with Gasteiger partial charge < -0.3 is 5.32 Å². The van der Waals surface area contributed by atoms with Crippen LogP contribution in [-0.2, 0) is 17.9 Å². The van der Waals surface area contributed by atoms with E-state index in [0.29, 0.717) is 18.1 Å². The van der Waals surface area contributed by atoms with E-state index in [9.17, 15) is 4.79 Å². The van der Waals surface area contributed by atoms with Crippen LogP contribution in [0.4, 0.5) is 0 Å². The van der Waals surface area contributed by atoms with Gasteiger partial charge in [-0.1, -0.05) is 29.8 Å². The Kier molecular flexibility index (Phi) is 6.78. The van der Waals surface area contributed by atoms with Crippen molar-refractivity contribution < 1.29 is 4.79 Å². The van der Waals surface area contributed by atoms with Crippen LogP contribution in [-0.4, -0.2) is 25.7 Å². The summed E-state index contributed by atoms with van der Waals surface area (Å²) in [5, 5.41) is 11.0. The molecule has 1 amide bonds. The Morgan fingerprint density at radius 3 is 2.75 bits per heavy atom. The number of pyridine rings is 1. The molecule has 0 spiro atoms. The molecule has 0 saturated heterocycles. The Morgan fingerprint density at radius 2 is 1.97 bits per heavy atom. The molecular formula is C24H22ClN5OS. The second-order valence-corrected chi connectivity index (χ2v) is 8.60. The molecule has 0 atom stereocenters. The van der Waals surface area contributed by atoms with E-state index in [1.165, 1.54) is 17.4 Å². The number of rotatable bonds is 7. The number of carbonyl (C=O) groups is 1. The van der Waals surface area contributed by atoms with Crippen LogP contribution >= 0.6 is 22.9 Å². The first-order valence-electron chi connectivity index (χ1n) is 10.1. The van der Waals surface area contributed by atoms with Gasteiger partial charge in [0.25, 0.3) is 0 Å². The number of nitrogens with zero attached hydrogens (tertiary/aromatic N) is 4. The van der Waals surface area contributed by atoms with Crippen molar-refractivity contribution in [3.05, 3.63) is 92.8 Å². The average Bonchev–Trinajstić information content (AvgIpc) is 3.38. The summed E-state index contributed by atoms with van der Waals surface area (Å²) in [4.78, 5) is 21.0. The zero-order chi connectivity index (χ0) is 22.5. The molecule has 0 aliphatic rings. The Hall–Kier alpha value is -3.29. The van der Waals surface area contributed by atoms with Gasteiger partial charge in [0.05, 0.1) is 24.5 Å². The lowest BCUT2D eigenvalue weighted by atomic mass is 10.1. The number of amides is 1. The van der Waals surface area contributed by atoms with Crippen LogP contribution in [0.1, 0.15) is 27.5 Å². The average molecular weight is 464 g/mol. The Labute approximate surface area is 195 Å². The molecule has 6 nitrogen and oxygen atoms in total. The van der Waals surface area contributed by atoms with E-state index in [1.54, 1.807) is 18.5 Å². The molecule has 0 unspecified atom stereocenters. The molecule has 0 aliphatic heterocycles. The molecule has 3 heterocycles. The third-order valence-electron chi connectivity index (χ3n) is 5.06. The summed E-state index contributed by atoms with van der Waals surface area (Å²) in [5.41, 5.74) is 5.67. The summed E-state index contributed by atoms with van der Waals surface area (Å²) >= 11 is 7.80. The Bertz CT molecular complexity index is 1260. The molecule has 32 heavy (non-hydrogen) atoms. The monoisotopic (exact) mass is 463 g/mol. The summed E-state index contributed by atoms with van der Waals surface area (Å²) < 4.78 is 1.91. The normalized spacial score (nSPS) is 11.2. The maximum Gasteiger partial charge on any atom is 0.244 e. The molecule has 0 fully saturated rings. The van der Waals surface area contributed by atoms with Crippen molar-refractivity contribution in [3.8, 4) is 11.3 Å². The molecule has 0 aliphatic carbocycles. The van der Waals surface area contributed by atoms with Gasteiger partial charge in [-0.25, -0.2) is 4.98 Å². The first kappa shape index (κ1) is 21.9. The molecule has 8 heteroatoms. The quantitative estimate of drug-likeness (QED) is 0.389. The first-order chi connectivity index (χ1) is 15.5. The van der Waals surface area contributed by atoms with Crippen molar-refractivity contribution in [2.75, 3.05) is 0 Å². The molecule has 4 rings (SSSR count). The lowest BCUT2D eigenvalue weighted by Gasteiger charge is -2.06.